The van der Waals surface area contributed by atoms with Crippen molar-refractivity contribution in [3.63, 3.8) is 0 Å². The second-order valence-electron chi connectivity index (χ2n) is 7.15. The summed E-state index contributed by atoms with van der Waals surface area (Å²) in [7, 11) is 0. The first-order valence-electron chi connectivity index (χ1n) is 9.20. The van der Waals surface area contributed by atoms with E-state index in [2.05, 4.69) is 10.3 Å². The van der Waals surface area contributed by atoms with Crippen molar-refractivity contribution in [3.05, 3.63) is 70.4 Å². The van der Waals surface area contributed by atoms with Gasteiger partial charge in [-0.3, -0.25) is 9.69 Å². The molecule has 5 rings (SSSR count). The van der Waals surface area contributed by atoms with Gasteiger partial charge in [-0.2, -0.15) is 0 Å². The Bertz CT molecular complexity index is 1090. The van der Waals surface area contributed by atoms with Crippen LogP contribution in [0.25, 0.3) is 10.9 Å². The van der Waals surface area contributed by atoms with E-state index in [1.807, 2.05) is 36.4 Å². The summed E-state index contributed by atoms with van der Waals surface area (Å²) in [6.07, 6.45) is 0.337. The van der Waals surface area contributed by atoms with Gasteiger partial charge in [-0.25, -0.2) is 4.79 Å². The number of benzene rings is 2. The number of cyclic esters (lactones) is 1. The highest BCUT2D eigenvalue weighted by Crippen LogP contribution is 2.37. The van der Waals surface area contributed by atoms with Crippen LogP contribution in [0.4, 0.5) is 4.79 Å². The topological polar surface area (TPSA) is 74.4 Å². The summed E-state index contributed by atoms with van der Waals surface area (Å²) in [5.74, 6) is -0.206. The Morgan fingerprint density at radius 2 is 2.07 bits per heavy atom. The van der Waals surface area contributed by atoms with Crippen LogP contribution in [0.3, 0.4) is 0 Å². The van der Waals surface area contributed by atoms with E-state index in [9.17, 15) is 9.59 Å². The average molecular weight is 396 g/mol. The summed E-state index contributed by atoms with van der Waals surface area (Å²) < 4.78 is 5.14. The molecular formula is C21H18ClN3O3. The molecular weight excluding hydrogens is 378 g/mol. The SMILES string of the molecule is O=C(N[C@@H]1Cc2ccccc2[C@H]1N1CCOC1=O)c1cc2cc(Cl)ccc2[nH]1. The zero-order valence-electron chi connectivity index (χ0n) is 14.9. The predicted molar refractivity (Wildman–Crippen MR) is 106 cm³/mol. The molecule has 7 heteroatoms. The Morgan fingerprint density at radius 3 is 2.89 bits per heavy atom. The van der Waals surface area contributed by atoms with Crippen LogP contribution >= 0.6 is 11.6 Å². The number of aromatic nitrogens is 1. The monoisotopic (exact) mass is 395 g/mol. The zero-order chi connectivity index (χ0) is 19.3. The first kappa shape index (κ1) is 17.1. The number of aromatic amines is 1. The van der Waals surface area contributed by atoms with Gasteiger partial charge in [-0.1, -0.05) is 35.9 Å². The second-order valence-corrected chi connectivity index (χ2v) is 7.59. The number of carbonyl (C=O) groups is 2. The number of H-pyrrole nitrogens is 1. The first-order chi connectivity index (χ1) is 13.6. The van der Waals surface area contributed by atoms with Crippen molar-refractivity contribution >= 4 is 34.5 Å². The lowest BCUT2D eigenvalue weighted by Crippen LogP contribution is -2.45. The molecule has 0 saturated carbocycles. The van der Waals surface area contributed by atoms with E-state index in [4.69, 9.17) is 16.3 Å². The van der Waals surface area contributed by atoms with Gasteiger partial charge >= 0.3 is 6.09 Å². The van der Waals surface area contributed by atoms with Gasteiger partial charge < -0.3 is 15.0 Å². The minimum atomic E-state index is -0.332. The average Bonchev–Trinajstić information content (AvgIpc) is 3.37. The van der Waals surface area contributed by atoms with Gasteiger partial charge in [0.2, 0.25) is 0 Å². The molecule has 1 aromatic heterocycles. The normalized spacial score (nSPS) is 21.0. The van der Waals surface area contributed by atoms with E-state index in [1.54, 1.807) is 17.0 Å². The standard InChI is InChI=1S/C21H18ClN3O3/c22-14-5-6-16-13(9-14)11-18(23-16)20(26)24-17-10-12-3-1-2-4-15(12)19(17)25-7-8-28-21(25)27/h1-6,9,11,17,19,23H,7-8,10H2,(H,24,26)/t17-,19-/m1/s1. The minimum Gasteiger partial charge on any atom is -0.448 e. The molecule has 1 aliphatic heterocycles. The molecule has 6 nitrogen and oxygen atoms in total. The molecule has 28 heavy (non-hydrogen) atoms. The Morgan fingerprint density at radius 1 is 1.21 bits per heavy atom. The Kier molecular flexibility index (Phi) is 4.02. The van der Waals surface area contributed by atoms with Gasteiger partial charge in [0.25, 0.3) is 5.91 Å². The molecule has 2 aromatic carbocycles. The Balaban J connectivity index is 1.44. The maximum absolute atomic E-state index is 12.9. The van der Waals surface area contributed by atoms with Gasteiger partial charge in [0.15, 0.2) is 0 Å². The molecule has 2 atom stereocenters. The van der Waals surface area contributed by atoms with Crippen LogP contribution in [0.5, 0.6) is 0 Å². The number of fused-ring (bicyclic) bond motifs is 2. The number of carbonyl (C=O) groups excluding carboxylic acids is 2. The molecule has 1 saturated heterocycles. The van der Waals surface area contributed by atoms with Crippen molar-refractivity contribution in [2.75, 3.05) is 13.2 Å². The molecule has 2 N–H and O–H groups in total. The Labute approximate surface area is 166 Å². The molecule has 0 spiro atoms. The maximum Gasteiger partial charge on any atom is 0.410 e. The smallest absolute Gasteiger partial charge is 0.410 e. The van der Waals surface area contributed by atoms with Crippen molar-refractivity contribution in [2.24, 2.45) is 0 Å². The van der Waals surface area contributed by atoms with E-state index < -0.39 is 0 Å². The van der Waals surface area contributed by atoms with E-state index in [0.29, 0.717) is 30.3 Å². The highest BCUT2D eigenvalue weighted by molar-refractivity contribution is 6.31. The molecule has 3 aromatic rings. The summed E-state index contributed by atoms with van der Waals surface area (Å²) in [6, 6.07) is 14.8. The van der Waals surface area contributed by atoms with Gasteiger partial charge in [0.1, 0.15) is 12.3 Å². The molecule has 1 aliphatic carbocycles. The number of amides is 2. The molecule has 142 valence electrons. The van der Waals surface area contributed by atoms with E-state index in [1.165, 1.54) is 0 Å². The van der Waals surface area contributed by atoms with Crippen molar-refractivity contribution in [3.8, 4) is 0 Å². The summed E-state index contributed by atoms with van der Waals surface area (Å²) in [5, 5.41) is 4.62. The van der Waals surface area contributed by atoms with Crippen LogP contribution < -0.4 is 5.32 Å². The lowest BCUT2D eigenvalue weighted by atomic mass is 10.1. The number of nitrogens with one attached hydrogen (secondary N) is 2. The van der Waals surface area contributed by atoms with Crippen molar-refractivity contribution in [1.29, 1.82) is 0 Å². The Hall–Kier alpha value is -2.99. The van der Waals surface area contributed by atoms with Crippen LogP contribution in [-0.2, 0) is 11.2 Å². The number of ether oxygens (including phenoxy) is 1. The number of halogens is 1. The zero-order valence-corrected chi connectivity index (χ0v) is 15.7. The quantitative estimate of drug-likeness (QED) is 0.710. The largest absolute Gasteiger partial charge is 0.448 e. The molecule has 0 bridgehead atoms. The highest BCUT2D eigenvalue weighted by atomic mass is 35.5. The van der Waals surface area contributed by atoms with E-state index in [-0.39, 0.29) is 24.1 Å². The lowest BCUT2D eigenvalue weighted by Gasteiger charge is -2.28. The summed E-state index contributed by atoms with van der Waals surface area (Å²) in [6.45, 7) is 0.899. The fraction of sp³-hybridized carbons (Fsp3) is 0.238. The van der Waals surface area contributed by atoms with Crippen molar-refractivity contribution in [2.45, 2.75) is 18.5 Å². The number of hydrogen-bond donors (Lipinski definition) is 2. The van der Waals surface area contributed by atoms with Gasteiger partial charge in [-0.15, -0.1) is 0 Å². The van der Waals surface area contributed by atoms with Crippen LogP contribution in [-0.4, -0.2) is 41.1 Å². The lowest BCUT2D eigenvalue weighted by molar-refractivity contribution is 0.0902. The van der Waals surface area contributed by atoms with E-state index >= 15 is 0 Å². The molecule has 2 amide bonds. The first-order valence-corrected chi connectivity index (χ1v) is 9.58. The number of nitrogens with zero attached hydrogens (tertiary/aromatic N) is 1. The van der Waals surface area contributed by atoms with Gasteiger partial charge in [0.05, 0.1) is 18.6 Å². The summed E-state index contributed by atoms with van der Waals surface area (Å²) in [4.78, 5) is 30.0. The van der Waals surface area contributed by atoms with Crippen molar-refractivity contribution in [1.82, 2.24) is 15.2 Å². The van der Waals surface area contributed by atoms with Crippen molar-refractivity contribution < 1.29 is 14.3 Å². The third-order valence-corrected chi connectivity index (χ3v) is 5.70. The fourth-order valence-corrected chi connectivity index (χ4v) is 4.40. The highest BCUT2D eigenvalue weighted by Gasteiger charge is 2.42. The van der Waals surface area contributed by atoms with Crippen LogP contribution in [0.2, 0.25) is 5.02 Å². The maximum atomic E-state index is 12.9. The second kappa shape index (κ2) is 6.56. The molecule has 2 heterocycles. The summed E-state index contributed by atoms with van der Waals surface area (Å²) in [5.41, 5.74) is 3.52. The summed E-state index contributed by atoms with van der Waals surface area (Å²) >= 11 is 6.04. The van der Waals surface area contributed by atoms with Crippen LogP contribution in [0, 0.1) is 0 Å². The fourth-order valence-electron chi connectivity index (χ4n) is 4.22. The molecule has 0 radical (unpaired) electrons. The third kappa shape index (κ3) is 2.81. The van der Waals surface area contributed by atoms with Gasteiger partial charge in [-0.05, 0) is 41.8 Å². The predicted octanol–water partition coefficient (Wildman–Crippen LogP) is 3.67. The van der Waals surface area contributed by atoms with Gasteiger partial charge in [0, 0.05) is 15.9 Å². The number of hydrogen-bond acceptors (Lipinski definition) is 3. The van der Waals surface area contributed by atoms with Crippen LogP contribution in [0.1, 0.15) is 27.7 Å². The molecule has 0 unspecified atom stereocenters. The number of rotatable bonds is 3. The molecule has 2 aliphatic rings. The minimum absolute atomic E-state index is 0.206. The van der Waals surface area contributed by atoms with E-state index in [0.717, 1.165) is 22.0 Å². The molecule has 1 fully saturated rings. The van der Waals surface area contributed by atoms with Crippen LogP contribution in [0.15, 0.2) is 48.5 Å². The third-order valence-electron chi connectivity index (χ3n) is 5.47.